The van der Waals surface area contributed by atoms with Crippen LogP contribution in [0, 0.1) is 4.77 Å². The third-order valence-electron chi connectivity index (χ3n) is 5.15. The standard InChI is InChI=1S/C21H21N3O4S/c1-27-13-7-8-16(28-2)15(11-13)24-20(26)17(19(25)23-21(24)29)18-14-6-4-3-5-12(14)9-10-22-18/h3-8,11,18,22,26H,9-10H2,1-2H3,(H,23,25,29)/t18-/m1/s1. The highest BCUT2D eigenvalue weighted by molar-refractivity contribution is 7.71. The number of aromatic hydroxyl groups is 1. The molecule has 1 atom stereocenters. The lowest BCUT2D eigenvalue weighted by Crippen LogP contribution is -2.35. The van der Waals surface area contributed by atoms with Crippen LogP contribution < -0.4 is 20.3 Å². The fraction of sp³-hybridized carbons (Fsp3) is 0.238. The van der Waals surface area contributed by atoms with E-state index < -0.39 is 11.6 Å². The van der Waals surface area contributed by atoms with Crippen molar-refractivity contribution in [1.29, 1.82) is 0 Å². The number of aromatic amines is 1. The van der Waals surface area contributed by atoms with Crippen LogP contribution in [0.2, 0.25) is 0 Å². The molecule has 1 aromatic heterocycles. The Morgan fingerprint density at radius 3 is 2.72 bits per heavy atom. The van der Waals surface area contributed by atoms with E-state index in [9.17, 15) is 9.90 Å². The molecule has 2 heterocycles. The van der Waals surface area contributed by atoms with Crippen molar-refractivity contribution in [2.75, 3.05) is 20.8 Å². The lowest BCUT2D eigenvalue weighted by Gasteiger charge is -2.28. The van der Waals surface area contributed by atoms with E-state index in [0.717, 1.165) is 17.5 Å². The van der Waals surface area contributed by atoms with Crippen LogP contribution >= 0.6 is 12.2 Å². The minimum absolute atomic E-state index is 0.0619. The van der Waals surface area contributed by atoms with E-state index in [2.05, 4.69) is 10.3 Å². The maximum Gasteiger partial charge on any atom is 0.260 e. The van der Waals surface area contributed by atoms with E-state index in [1.54, 1.807) is 25.3 Å². The second-order valence-corrected chi connectivity index (χ2v) is 7.09. The number of ether oxygens (including phenoxy) is 2. The Hall–Kier alpha value is -3.10. The Morgan fingerprint density at radius 2 is 1.97 bits per heavy atom. The highest BCUT2D eigenvalue weighted by Crippen LogP contribution is 2.35. The summed E-state index contributed by atoms with van der Waals surface area (Å²) in [7, 11) is 3.07. The van der Waals surface area contributed by atoms with E-state index in [1.165, 1.54) is 11.7 Å². The van der Waals surface area contributed by atoms with Gasteiger partial charge in [0.05, 0.1) is 31.5 Å². The Labute approximate surface area is 172 Å². The van der Waals surface area contributed by atoms with Crippen LogP contribution in [0.3, 0.4) is 0 Å². The molecule has 0 unspecified atom stereocenters. The first-order valence-corrected chi connectivity index (χ1v) is 9.57. The number of fused-ring (bicyclic) bond motifs is 1. The number of nitrogens with one attached hydrogen (secondary N) is 2. The molecule has 0 amide bonds. The van der Waals surface area contributed by atoms with Crippen molar-refractivity contribution >= 4 is 12.2 Å². The Bertz CT molecular complexity index is 1190. The summed E-state index contributed by atoms with van der Waals surface area (Å²) in [6.07, 6.45) is 0.855. The normalized spacial score (nSPS) is 15.6. The lowest BCUT2D eigenvalue weighted by atomic mass is 9.90. The Kier molecular flexibility index (Phi) is 5.12. The second kappa shape index (κ2) is 7.73. The van der Waals surface area contributed by atoms with Gasteiger partial charge in [0.2, 0.25) is 5.88 Å². The number of benzene rings is 2. The molecule has 7 nitrogen and oxygen atoms in total. The van der Waals surface area contributed by atoms with Gasteiger partial charge in [-0.05, 0) is 41.9 Å². The van der Waals surface area contributed by atoms with E-state index in [4.69, 9.17) is 21.7 Å². The summed E-state index contributed by atoms with van der Waals surface area (Å²) in [5.74, 6) is 0.808. The molecule has 0 bridgehead atoms. The summed E-state index contributed by atoms with van der Waals surface area (Å²) in [6.45, 7) is 0.693. The molecule has 3 N–H and O–H groups in total. The van der Waals surface area contributed by atoms with Gasteiger partial charge in [0.1, 0.15) is 11.5 Å². The highest BCUT2D eigenvalue weighted by Gasteiger charge is 2.28. The number of hydrogen-bond acceptors (Lipinski definition) is 6. The molecule has 0 saturated heterocycles. The van der Waals surface area contributed by atoms with Gasteiger partial charge in [-0.25, -0.2) is 0 Å². The van der Waals surface area contributed by atoms with Crippen LogP contribution in [0.25, 0.3) is 5.69 Å². The molecule has 0 radical (unpaired) electrons. The minimum Gasteiger partial charge on any atom is -0.497 e. The number of H-pyrrole nitrogens is 1. The Morgan fingerprint density at radius 1 is 1.17 bits per heavy atom. The molecule has 8 heteroatoms. The second-order valence-electron chi connectivity index (χ2n) is 6.71. The van der Waals surface area contributed by atoms with E-state index in [1.807, 2.05) is 24.3 Å². The molecule has 29 heavy (non-hydrogen) atoms. The summed E-state index contributed by atoms with van der Waals surface area (Å²) in [4.78, 5) is 15.5. The first-order valence-electron chi connectivity index (χ1n) is 9.17. The van der Waals surface area contributed by atoms with Crippen molar-refractivity contribution in [1.82, 2.24) is 14.9 Å². The van der Waals surface area contributed by atoms with Crippen LogP contribution in [0.1, 0.15) is 22.7 Å². The number of hydrogen-bond donors (Lipinski definition) is 3. The van der Waals surface area contributed by atoms with Crippen molar-refractivity contribution in [3.63, 3.8) is 0 Å². The number of rotatable bonds is 4. The van der Waals surface area contributed by atoms with Gasteiger partial charge in [-0.15, -0.1) is 0 Å². The van der Waals surface area contributed by atoms with Crippen LogP contribution in [0.5, 0.6) is 17.4 Å². The zero-order valence-electron chi connectivity index (χ0n) is 16.1. The van der Waals surface area contributed by atoms with Gasteiger partial charge in [-0.2, -0.15) is 0 Å². The topological polar surface area (TPSA) is 88.5 Å². The molecule has 0 saturated carbocycles. The van der Waals surface area contributed by atoms with Crippen molar-refractivity contribution < 1.29 is 14.6 Å². The molecular weight excluding hydrogens is 390 g/mol. The van der Waals surface area contributed by atoms with Crippen molar-refractivity contribution in [3.05, 3.63) is 74.3 Å². The van der Waals surface area contributed by atoms with Gasteiger partial charge in [0.25, 0.3) is 5.56 Å². The molecule has 0 spiro atoms. The molecule has 1 aliphatic heterocycles. The van der Waals surface area contributed by atoms with Gasteiger partial charge in [-0.3, -0.25) is 14.3 Å². The van der Waals surface area contributed by atoms with Crippen LogP contribution in [0.15, 0.2) is 47.3 Å². The van der Waals surface area contributed by atoms with E-state index >= 15 is 0 Å². The molecule has 0 aliphatic carbocycles. The third kappa shape index (κ3) is 3.30. The monoisotopic (exact) mass is 411 g/mol. The maximum atomic E-state index is 12.8. The summed E-state index contributed by atoms with van der Waals surface area (Å²) in [5, 5.41) is 14.5. The van der Waals surface area contributed by atoms with E-state index in [-0.39, 0.29) is 16.2 Å². The zero-order valence-corrected chi connectivity index (χ0v) is 16.9. The van der Waals surface area contributed by atoms with Gasteiger partial charge in [-0.1, -0.05) is 24.3 Å². The van der Waals surface area contributed by atoms with Crippen LogP contribution in [0.4, 0.5) is 0 Å². The first kappa shape index (κ1) is 19.2. The number of aromatic nitrogens is 2. The smallest absolute Gasteiger partial charge is 0.260 e. The fourth-order valence-corrected chi connectivity index (χ4v) is 4.03. The van der Waals surface area contributed by atoms with Crippen molar-refractivity contribution in [3.8, 4) is 23.1 Å². The van der Waals surface area contributed by atoms with Gasteiger partial charge in [0.15, 0.2) is 4.77 Å². The minimum atomic E-state index is -0.456. The van der Waals surface area contributed by atoms with Crippen molar-refractivity contribution in [2.24, 2.45) is 0 Å². The predicted octanol–water partition coefficient (Wildman–Crippen LogP) is 2.85. The quantitative estimate of drug-likeness (QED) is 0.572. The maximum absolute atomic E-state index is 12.8. The van der Waals surface area contributed by atoms with E-state index in [0.29, 0.717) is 23.7 Å². The van der Waals surface area contributed by atoms with Crippen molar-refractivity contribution in [2.45, 2.75) is 12.5 Å². The zero-order chi connectivity index (χ0) is 20.5. The SMILES string of the molecule is COc1ccc(OC)c(-n2c(O)c([C@@H]3NCCc4ccccc43)c(=O)[nH]c2=S)c1. The summed E-state index contributed by atoms with van der Waals surface area (Å²) in [5.41, 5.74) is 2.34. The molecule has 1 aliphatic rings. The average Bonchev–Trinajstić information content (AvgIpc) is 2.73. The Balaban J connectivity index is 1.97. The van der Waals surface area contributed by atoms with Crippen LogP contribution in [-0.4, -0.2) is 35.4 Å². The number of methoxy groups -OCH3 is 2. The molecular formula is C21H21N3O4S. The van der Waals surface area contributed by atoms with Crippen LogP contribution in [-0.2, 0) is 6.42 Å². The largest absolute Gasteiger partial charge is 0.497 e. The van der Waals surface area contributed by atoms with Gasteiger partial charge in [0, 0.05) is 12.6 Å². The highest BCUT2D eigenvalue weighted by atomic mass is 32.1. The average molecular weight is 411 g/mol. The molecule has 3 aromatic rings. The number of nitrogens with zero attached hydrogens (tertiary/aromatic N) is 1. The fourth-order valence-electron chi connectivity index (χ4n) is 3.76. The molecule has 0 fully saturated rings. The molecule has 4 rings (SSSR count). The summed E-state index contributed by atoms with van der Waals surface area (Å²) < 4.78 is 12.2. The lowest BCUT2D eigenvalue weighted by molar-refractivity contribution is 0.390. The van der Waals surface area contributed by atoms with Gasteiger partial charge >= 0.3 is 0 Å². The third-order valence-corrected chi connectivity index (χ3v) is 5.43. The van der Waals surface area contributed by atoms with Gasteiger partial charge < -0.3 is 19.9 Å². The first-order chi connectivity index (χ1) is 14.0. The summed E-state index contributed by atoms with van der Waals surface area (Å²) >= 11 is 5.37. The molecule has 2 aromatic carbocycles. The predicted molar refractivity (Wildman–Crippen MR) is 112 cm³/mol. The molecule has 150 valence electrons. The summed E-state index contributed by atoms with van der Waals surface area (Å²) in [6, 6.07) is 12.6.